The van der Waals surface area contributed by atoms with E-state index in [2.05, 4.69) is 0 Å². The van der Waals surface area contributed by atoms with E-state index in [0.717, 1.165) is 11.1 Å². The van der Waals surface area contributed by atoms with Gasteiger partial charge >= 0.3 is 5.97 Å². The molecule has 0 aliphatic rings. The number of ketones is 1. The van der Waals surface area contributed by atoms with E-state index < -0.39 is 5.97 Å². The number of carbonyl (C=O) groups is 2. The predicted octanol–water partition coefficient (Wildman–Crippen LogP) is 6.21. The fourth-order valence-corrected chi connectivity index (χ4v) is 2.83. The Hall–Kier alpha value is -3.80. The van der Waals surface area contributed by atoms with E-state index in [1.54, 1.807) is 31.2 Å². The predicted molar refractivity (Wildman–Crippen MR) is 138 cm³/mol. The van der Waals surface area contributed by atoms with Crippen LogP contribution in [0.4, 0.5) is 0 Å². The highest BCUT2D eigenvalue weighted by atomic mass is 16.6. The van der Waals surface area contributed by atoms with Crippen LogP contribution < -0.4 is 14.2 Å². The van der Waals surface area contributed by atoms with E-state index in [4.69, 9.17) is 18.9 Å². The van der Waals surface area contributed by atoms with E-state index >= 15 is 0 Å². The molecule has 0 saturated heterocycles. The van der Waals surface area contributed by atoms with Gasteiger partial charge < -0.3 is 18.9 Å². The monoisotopic (exact) mass is 478 g/mol. The van der Waals surface area contributed by atoms with Crippen LogP contribution in [0.1, 0.15) is 50.5 Å². The molecular formula is C29H34O6. The van der Waals surface area contributed by atoms with Crippen LogP contribution in [-0.2, 0) is 9.53 Å². The lowest BCUT2D eigenvalue weighted by Crippen LogP contribution is -2.16. The average molecular weight is 479 g/mol. The Bertz CT molecular complexity index is 1090. The zero-order chi connectivity index (χ0) is 25.6. The van der Waals surface area contributed by atoms with Crippen LogP contribution in [0, 0.1) is 0 Å². The summed E-state index contributed by atoms with van der Waals surface area (Å²) >= 11 is 0. The lowest BCUT2D eigenvalue weighted by atomic mass is 10.1. The molecule has 0 radical (unpaired) electrons. The standard InChI is InChI=1S/C29H34O6/c1-6-32-29(31)20-35-28-19-25(34-17-15-22(4)5)11-12-26(28)27(30)13-10-23-8-7-9-24(18-23)33-16-14-21(2)3/h7-15,18-19H,6,16-17,20H2,1-5H3/b13-10+. The summed E-state index contributed by atoms with van der Waals surface area (Å²) in [6.45, 7) is 10.5. The van der Waals surface area contributed by atoms with Gasteiger partial charge in [0, 0.05) is 6.07 Å². The molecule has 0 atom stereocenters. The third-order valence-electron chi connectivity index (χ3n) is 4.64. The van der Waals surface area contributed by atoms with Gasteiger partial charge in [0.25, 0.3) is 0 Å². The largest absolute Gasteiger partial charge is 0.490 e. The van der Waals surface area contributed by atoms with Crippen molar-refractivity contribution >= 4 is 17.8 Å². The average Bonchev–Trinajstić information content (AvgIpc) is 2.81. The summed E-state index contributed by atoms with van der Waals surface area (Å²) < 4.78 is 22.0. The van der Waals surface area contributed by atoms with Crippen LogP contribution in [0.2, 0.25) is 0 Å². The molecule has 2 aromatic rings. The van der Waals surface area contributed by atoms with Gasteiger partial charge in [-0.15, -0.1) is 0 Å². The molecule has 0 aromatic heterocycles. The Morgan fingerprint density at radius 2 is 1.49 bits per heavy atom. The highest BCUT2D eigenvalue weighted by molar-refractivity contribution is 6.08. The van der Waals surface area contributed by atoms with Gasteiger partial charge in [-0.3, -0.25) is 4.79 Å². The Kier molecular flexibility index (Phi) is 11.3. The van der Waals surface area contributed by atoms with Crippen LogP contribution in [0.25, 0.3) is 6.08 Å². The molecule has 6 nitrogen and oxygen atoms in total. The van der Waals surface area contributed by atoms with Crippen LogP contribution in [0.15, 0.2) is 71.8 Å². The number of hydrogen-bond acceptors (Lipinski definition) is 6. The quantitative estimate of drug-likeness (QED) is 0.147. The molecule has 0 spiro atoms. The van der Waals surface area contributed by atoms with Crippen molar-refractivity contribution in [1.29, 1.82) is 0 Å². The van der Waals surface area contributed by atoms with Crippen LogP contribution >= 0.6 is 0 Å². The summed E-state index contributed by atoms with van der Waals surface area (Å²) in [4.78, 5) is 24.8. The second kappa shape index (κ2) is 14.5. The molecule has 0 aliphatic heterocycles. The fourth-order valence-electron chi connectivity index (χ4n) is 2.83. The maximum Gasteiger partial charge on any atom is 0.344 e. The molecule has 0 amide bonds. The zero-order valence-corrected chi connectivity index (χ0v) is 21.1. The number of carbonyl (C=O) groups excluding carboxylic acids is 2. The fraction of sp³-hybridized carbons (Fsp3) is 0.310. The minimum atomic E-state index is -0.512. The molecular weight excluding hydrogens is 444 g/mol. The number of allylic oxidation sites excluding steroid dienone is 3. The molecule has 2 rings (SSSR count). The summed E-state index contributed by atoms with van der Waals surface area (Å²) in [6, 6.07) is 12.4. The number of ether oxygens (including phenoxy) is 4. The summed E-state index contributed by atoms with van der Waals surface area (Å²) in [5, 5.41) is 0. The first-order valence-electron chi connectivity index (χ1n) is 11.6. The second-order valence-corrected chi connectivity index (χ2v) is 8.21. The van der Waals surface area contributed by atoms with Gasteiger partial charge in [0.1, 0.15) is 30.5 Å². The van der Waals surface area contributed by atoms with Gasteiger partial charge in [0.15, 0.2) is 12.4 Å². The Labute approximate surface area is 207 Å². The van der Waals surface area contributed by atoms with Crippen molar-refractivity contribution in [2.75, 3.05) is 26.4 Å². The molecule has 0 saturated carbocycles. The minimum Gasteiger partial charge on any atom is -0.490 e. The van der Waals surface area contributed by atoms with Gasteiger partial charge in [-0.1, -0.05) is 29.4 Å². The maximum absolute atomic E-state index is 13.0. The van der Waals surface area contributed by atoms with Gasteiger partial charge in [-0.2, -0.15) is 0 Å². The van der Waals surface area contributed by atoms with E-state index in [9.17, 15) is 9.59 Å². The Morgan fingerprint density at radius 3 is 2.11 bits per heavy atom. The van der Waals surface area contributed by atoms with E-state index in [1.807, 2.05) is 64.1 Å². The first-order chi connectivity index (χ1) is 16.8. The van der Waals surface area contributed by atoms with Crippen molar-refractivity contribution in [3.05, 3.63) is 83.0 Å². The van der Waals surface area contributed by atoms with Gasteiger partial charge in [0.2, 0.25) is 0 Å². The minimum absolute atomic E-state index is 0.250. The summed E-state index contributed by atoms with van der Waals surface area (Å²) in [6.07, 6.45) is 7.12. The molecule has 2 aromatic carbocycles. The van der Waals surface area contributed by atoms with E-state index in [1.165, 1.54) is 11.6 Å². The third-order valence-corrected chi connectivity index (χ3v) is 4.64. The first-order valence-corrected chi connectivity index (χ1v) is 11.6. The van der Waals surface area contributed by atoms with Crippen LogP contribution in [-0.4, -0.2) is 38.2 Å². The maximum atomic E-state index is 13.0. The molecule has 35 heavy (non-hydrogen) atoms. The summed E-state index contributed by atoms with van der Waals surface area (Å²) in [5.41, 5.74) is 3.45. The summed E-state index contributed by atoms with van der Waals surface area (Å²) in [7, 11) is 0. The molecule has 6 heteroatoms. The molecule has 0 aliphatic carbocycles. The number of rotatable bonds is 13. The highest BCUT2D eigenvalue weighted by Crippen LogP contribution is 2.26. The molecule has 0 fully saturated rings. The van der Waals surface area contributed by atoms with Gasteiger partial charge in [-0.05, 0) is 82.7 Å². The number of hydrogen-bond donors (Lipinski definition) is 0. The molecule has 0 unspecified atom stereocenters. The molecule has 0 heterocycles. The molecule has 0 bridgehead atoms. The highest BCUT2D eigenvalue weighted by Gasteiger charge is 2.14. The van der Waals surface area contributed by atoms with Crippen molar-refractivity contribution in [3.63, 3.8) is 0 Å². The zero-order valence-electron chi connectivity index (χ0n) is 21.1. The summed E-state index contributed by atoms with van der Waals surface area (Å²) in [5.74, 6) is 0.718. The Morgan fingerprint density at radius 1 is 0.829 bits per heavy atom. The SMILES string of the molecule is CCOC(=O)COc1cc(OCC=C(C)C)ccc1C(=O)/C=C/c1cccc(OCC=C(C)C)c1. The number of benzene rings is 2. The van der Waals surface area contributed by atoms with E-state index in [-0.39, 0.29) is 24.7 Å². The smallest absolute Gasteiger partial charge is 0.344 e. The molecule has 0 N–H and O–H groups in total. The normalized spacial score (nSPS) is 10.4. The van der Waals surface area contributed by atoms with Crippen molar-refractivity contribution in [2.45, 2.75) is 34.6 Å². The van der Waals surface area contributed by atoms with Crippen molar-refractivity contribution in [1.82, 2.24) is 0 Å². The lowest BCUT2D eigenvalue weighted by Gasteiger charge is -2.12. The topological polar surface area (TPSA) is 71.1 Å². The van der Waals surface area contributed by atoms with Crippen molar-refractivity contribution in [2.24, 2.45) is 0 Å². The Balaban J connectivity index is 2.19. The number of esters is 1. The second-order valence-electron chi connectivity index (χ2n) is 8.21. The molecule has 186 valence electrons. The first kappa shape index (κ1) is 27.4. The van der Waals surface area contributed by atoms with Crippen LogP contribution in [0.5, 0.6) is 17.2 Å². The van der Waals surface area contributed by atoms with Crippen molar-refractivity contribution < 1.29 is 28.5 Å². The van der Waals surface area contributed by atoms with Crippen molar-refractivity contribution in [3.8, 4) is 17.2 Å². The van der Waals surface area contributed by atoms with Gasteiger partial charge in [0.05, 0.1) is 12.2 Å². The lowest BCUT2D eigenvalue weighted by molar-refractivity contribution is -0.145. The van der Waals surface area contributed by atoms with Gasteiger partial charge in [-0.25, -0.2) is 4.79 Å². The van der Waals surface area contributed by atoms with E-state index in [0.29, 0.717) is 30.3 Å². The van der Waals surface area contributed by atoms with Crippen LogP contribution in [0.3, 0.4) is 0 Å². The third kappa shape index (κ3) is 10.3.